The van der Waals surface area contributed by atoms with E-state index < -0.39 is 60.4 Å². The molecule has 4 atom stereocenters. The molecule has 2 fully saturated rings. The molecular formula is C15H20F5N3O3. The monoisotopic (exact) mass is 385 g/mol. The summed E-state index contributed by atoms with van der Waals surface area (Å²) >= 11 is 0. The van der Waals surface area contributed by atoms with Crippen molar-refractivity contribution in [2.45, 2.75) is 56.5 Å². The number of hydrogen-bond acceptors (Lipinski definition) is 4. The number of hydroxylamine groups is 1. The molecule has 4 unspecified atom stereocenters. The summed E-state index contributed by atoms with van der Waals surface area (Å²) in [5.41, 5.74) is 3.59. The Hall–Kier alpha value is -1.78. The van der Waals surface area contributed by atoms with E-state index >= 15 is 0 Å². The second-order valence-electron chi connectivity index (χ2n) is 6.58. The predicted octanol–water partition coefficient (Wildman–Crippen LogP) is 1.72. The number of hydrazone groups is 1. The summed E-state index contributed by atoms with van der Waals surface area (Å²) in [5, 5.41) is 11.9. The first-order valence-corrected chi connectivity index (χ1v) is 8.25. The van der Waals surface area contributed by atoms with Crippen LogP contribution in [0.4, 0.5) is 22.0 Å². The van der Waals surface area contributed by atoms with Gasteiger partial charge in [-0.1, -0.05) is 0 Å². The van der Waals surface area contributed by atoms with Gasteiger partial charge in [0.1, 0.15) is 12.3 Å². The van der Waals surface area contributed by atoms with E-state index in [1.807, 2.05) is 5.43 Å². The van der Waals surface area contributed by atoms with Crippen LogP contribution in [0.5, 0.6) is 0 Å². The molecule has 0 bridgehead atoms. The molecule has 2 aliphatic rings. The highest BCUT2D eigenvalue weighted by molar-refractivity contribution is 5.81. The van der Waals surface area contributed by atoms with Crippen LogP contribution in [0, 0.1) is 17.8 Å². The highest BCUT2D eigenvalue weighted by atomic mass is 19.2. The van der Waals surface area contributed by atoms with Gasteiger partial charge in [-0.05, 0) is 25.7 Å². The molecule has 0 aromatic carbocycles. The topological polar surface area (TPSA) is 90.8 Å². The van der Waals surface area contributed by atoms with Crippen molar-refractivity contribution in [3.05, 3.63) is 0 Å². The predicted molar refractivity (Wildman–Crippen MR) is 80.0 cm³/mol. The lowest BCUT2D eigenvalue weighted by Gasteiger charge is -2.34. The lowest BCUT2D eigenvalue weighted by Crippen LogP contribution is -2.54. The Balaban J connectivity index is 1.86. The van der Waals surface area contributed by atoms with Gasteiger partial charge in [0.25, 0.3) is 0 Å². The van der Waals surface area contributed by atoms with Gasteiger partial charge in [0.15, 0.2) is 18.5 Å². The maximum absolute atomic E-state index is 13.7. The zero-order valence-corrected chi connectivity index (χ0v) is 13.6. The first-order valence-electron chi connectivity index (χ1n) is 8.25. The number of alkyl halides is 5. The van der Waals surface area contributed by atoms with E-state index in [0.29, 0.717) is 31.9 Å². The number of halogens is 5. The first kappa shape index (κ1) is 20.5. The van der Waals surface area contributed by atoms with Crippen LogP contribution < -0.4 is 10.9 Å². The van der Waals surface area contributed by atoms with Crippen LogP contribution in [0.1, 0.15) is 25.7 Å². The summed E-state index contributed by atoms with van der Waals surface area (Å²) in [7, 11) is 0. The minimum absolute atomic E-state index is 0.336. The van der Waals surface area contributed by atoms with Gasteiger partial charge in [-0.15, -0.1) is 0 Å². The normalized spacial score (nSPS) is 41.0. The molecule has 0 saturated heterocycles. The van der Waals surface area contributed by atoms with E-state index in [0.717, 1.165) is 0 Å². The van der Waals surface area contributed by atoms with Gasteiger partial charge < -0.3 is 0 Å². The summed E-state index contributed by atoms with van der Waals surface area (Å²) in [6.07, 6.45) is -11.8. The number of rotatable bonds is 4. The molecule has 6 nitrogen and oxygen atoms in total. The third kappa shape index (κ3) is 4.30. The fourth-order valence-corrected chi connectivity index (χ4v) is 3.28. The van der Waals surface area contributed by atoms with Crippen LogP contribution in [0.15, 0.2) is 5.10 Å². The second-order valence-corrected chi connectivity index (χ2v) is 6.58. The summed E-state index contributed by atoms with van der Waals surface area (Å²) in [5.74, 6) is -3.96. The van der Waals surface area contributed by atoms with E-state index in [1.54, 1.807) is 5.48 Å². The van der Waals surface area contributed by atoms with Crippen LogP contribution in [-0.4, -0.2) is 54.1 Å². The van der Waals surface area contributed by atoms with Gasteiger partial charge in [-0.3, -0.25) is 14.8 Å². The van der Waals surface area contributed by atoms with E-state index in [9.17, 15) is 31.5 Å². The Labute approximate surface area is 146 Å². The zero-order valence-electron chi connectivity index (χ0n) is 13.6. The molecule has 3 N–H and O–H groups in total. The standard InChI is InChI=1S/C15H20F5N3O3/c16-9-8(10(17)12(19)13(20)11(9)18)5-21-22-14(24)6-1-3-7(4-2-6)15(25)23-26/h5-13,26H,1-4H2,(H,22,24)(H,23,25)/b21-5+. The number of carbonyl (C=O) groups is 2. The minimum Gasteiger partial charge on any atom is -0.289 e. The summed E-state index contributed by atoms with van der Waals surface area (Å²) in [6, 6.07) is 0. The van der Waals surface area contributed by atoms with Crippen molar-refractivity contribution in [1.29, 1.82) is 0 Å². The first-order chi connectivity index (χ1) is 12.3. The Morgan fingerprint density at radius 1 is 0.808 bits per heavy atom. The second kappa shape index (κ2) is 8.74. The van der Waals surface area contributed by atoms with Gasteiger partial charge >= 0.3 is 0 Å². The van der Waals surface area contributed by atoms with Gasteiger partial charge in [-0.25, -0.2) is 32.9 Å². The van der Waals surface area contributed by atoms with Crippen LogP contribution in [0.3, 0.4) is 0 Å². The molecule has 0 aliphatic heterocycles. The van der Waals surface area contributed by atoms with E-state index in [4.69, 9.17) is 5.21 Å². The Morgan fingerprint density at radius 2 is 1.23 bits per heavy atom. The lowest BCUT2D eigenvalue weighted by molar-refractivity contribution is -0.136. The molecule has 2 saturated carbocycles. The molecule has 148 valence electrons. The average molecular weight is 385 g/mol. The smallest absolute Gasteiger partial charge is 0.246 e. The van der Waals surface area contributed by atoms with Gasteiger partial charge in [-0.2, -0.15) is 5.10 Å². The summed E-state index contributed by atoms with van der Waals surface area (Å²) in [6.45, 7) is 0. The molecule has 0 spiro atoms. The summed E-state index contributed by atoms with van der Waals surface area (Å²) in [4.78, 5) is 23.2. The Kier molecular flexibility index (Phi) is 6.90. The van der Waals surface area contributed by atoms with E-state index in [1.165, 1.54) is 0 Å². The molecule has 2 aliphatic carbocycles. The van der Waals surface area contributed by atoms with Crippen molar-refractivity contribution in [2.24, 2.45) is 22.9 Å². The molecule has 2 amide bonds. The number of hydrogen-bond donors (Lipinski definition) is 3. The highest BCUT2D eigenvalue weighted by Crippen LogP contribution is 2.35. The van der Waals surface area contributed by atoms with Crippen LogP contribution >= 0.6 is 0 Å². The molecule has 0 aromatic rings. The molecule has 0 heterocycles. The van der Waals surface area contributed by atoms with E-state index in [2.05, 4.69) is 5.10 Å². The Morgan fingerprint density at radius 3 is 1.69 bits per heavy atom. The van der Waals surface area contributed by atoms with Crippen molar-refractivity contribution < 1.29 is 36.7 Å². The fraction of sp³-hybridized carbons (Fsp3) is 0.800. The lowest BCUT2D eigenvalue weighted by atomic mass is 9.81. The highest BCUT2D eigenvalue weighted by Gasteiger charge is 2.53. The van der Waals surface area contributed by atoms with Crippen LogP contribution in [0.25, 0.3) is 0 Å². The number of nitrogens with one attached hydrogen (secondary N) is 2. The zero-order chi connectivity index (χ0) is 19.4. The van der Waals surface area contributed by atoms with E-state index in [-0.39, 0.29) is 0 Å². The van der Waals surface area contributed by atoms with Crippen molar-refractivity contribution in [1.82, 2.24) is 10.9 Å². The summed E-state index contributed by atoms with van der Waals surface area (Å²) < 4.78 is 67.0. The number of carbonyl (C=O) groups excluding carboxylic acids is 2. The molecule has 0 aromatic heterocycles. The molecule has 11 heteroatoms. The molecule has 26 heavy (non-hydrogen) atoms. The molecular weight excluding hydrogens is 365 g/mol. The molecule has 0 radical (unpaired) electrons. The van der Waals surface area contributed by atoms with Crippen LogP contribution in [-0.2, 0) is 9.59 Å². The van der Waals surface area contributed by atoms with Gasteiger partial charge in [0.05, 0.1) is 5.92 Å². The van der Waals surface area contributed by atoms with Crippen molar-refractivity contribution in [3.63, 3.8) is 0 Å². The van der Waals surface area contributed by atoms with Gasteiger partial charge in [0.2, 0.25) is 11.8 Å². The van der Waals surface area contributed by atoms with Gasteiger partial charge in [0, 0.05) is 18.1 Å². The Bertz CT molecular complexity index is 529. The quantitative estimate of drug-likeness (QED) is 0.298. The van der Waals surface area contributed by atoms with Crippen LogP contribution in [0.2, 0.25) is 0 Å². The van der Waals surface area contributed by atoms with Crippen molar-refractivity contribution in [3.8, 4) is 0 Å². The number of nitrogens with zero attached hydrogens (tertiary/aromatic N) is 1. The maximum Gasteiger partial charge on any atom is 0.246 e. The number of amides is 2. The van der Waals surface area contributed by atoms with Crippen molar-refractivity contribution in [2.75, 3.05) is 0 Å². The third-order valence-electron chi connectivity index (χ3n) is 4.95. The SMILES string of the molecule is O=C(NO)C1CCC(C(=O)N/N=C/C2C(F)C(F)C(F)C(F)C2F)CC1. The van der Waals surface area contributed by atoms with Crippen molar-refractivity contribution >= 4 is 18.0 Å². The largest absolute Gasteiger partial charge is 0.289 e. The fourth-order valence-electron chi connectivity index (χ4n) is 3.28. The molecule has 2 rings (SSSR count). The minimum atomic E-state index is -2.88. The average Bonchev–Trinajstić information content (AvgIpc) is 2.66. The maximum atomic E-state index is 13.7. The third-order valence-corrected chi connectivity index (χ3v) is 4.95.